The molecular weight excluding hydrogens is 420 g/mol. The Hall–Kier alpha value is -2.59. The summed E-state index contributed by atoms with van der Waals surface area (Å²) in [6.45, 7) is 1.76. The summed E-state index contributed by atoms with van der Waals surface area (Å²) in [5.74, 6) is -0.0816. The first kappa shape index (κ1) is 20.3. The van der Waals surface area contributed by atoms with Gasteiger partial charge in [-0.05, 0) is 60.8 Å². The molecule has 166 valence electrons. The normalized spacial score (nSPS) is 21.5. The third-order valence-corrected chi connectivity index (χ3v) is 7.82. The smallest absolute Gasteiger partial charge is 0.333 e. The Labute approximate surface area is 181 Å². The van der Waals surface area contributed by atoms with Crippen molar-refractivity contribution in [2.75, 3.05) is 31.7 Å². The molecule has 0 atom stereocenters. The van der Waals surface area contributed by atoms with Gasteiger partial charge in [-0.2, -0.15) is 0 Å². The second-order valence-corrected chi connectivity index (χ2v) is 10.4. The number of nitrogens with one attached hydrogen (secondary N) is 2. The summed E-state index contributed by atoms with van der Waals surface area (Å²) in [5.41, 5.74) is 10.9. The molecule has 2 heterocycles. The molecule has 1 spiro atoms. The van der Waals surface area contributed by atoms with Gasteiger partial charge in [-0.1, -0.05) is 6.07 Å². The third-order valence-electron chi connectivity index (χ3n) is 6.48. The van der Waals surface area contributed by atoms with E-state index in [1.165, 1.54) is 11.1 Å². The third kappa shape index (κ3) is 3.57. The number of urea groups is 1. The Balaban J connectivity index is 1.34. The minimum absolute atomic E-state index is 0.0816. The van der Waals surface area contributed by atoms with Gasteiger partial charge >= 0.3 is 6.03 Å². The number of ether oxygens (including phenoxy) is 2. The van der Waals surface area contributed by atoms with E-state index in [0.29, 0.717) is 26.4 Å². The number of fused-ring (bicyclic) bond motifs is 2. The second-order valence-electron chi connectivity index (χ2n) is 8.73. The van der Waals surface area contributed by atoms with Gasteiger partial charge in [0.15, 0.2) is 4.91 Å². The molecular formula is C21H26N4O5S. The van der Waals surface area contributed by atoms with Gasteiger partial charge in [0.25, 0.3) is 10.0 Å². The monoisotopic (exact) mass is 446 g/mol. The Morgan fingerprint density at radius 1 is 1.10 bits per heavy atom. The number of anilines is 1. The first-order chi connectivity index (χ1) is 14.9. The van der Waals surface area contributed by atoms with Crippen LogP contribution in [0.3, 0.4) is 0 Å². The van der Waals surface area contributed by atoms with Crippen LogP contribution in [0.25, 0.3) is 0 Å². The number of rotatable bonds is 4. The molecule has 1 fully saturated rings. The maximum atomic E-state index is 12.9. The van der Waals surface area contributed by atoms with Gasteiger partial charge in [-0.25, -0.2) is 22.9 Å². The molecule has 0 aromatic heterocycles. The Morgan fingerprint density at radius 2 is 1.77 bits per heavy atom. The number of sulfonamides is 1. The van der Waals surface area contributed by atoms with Crippen molar-refractivity contribution < 1.29 is 22.7 Å². The zero-order chi connectivity index (χ0) is 21.6. The maximum Gasteiger partial charge on any atom is 0.333 e. The van der Waals surface area contributed by atoms with Crippen LogP contribution >= 0.6 is 0 Å². The van der Waals surface area contributed by atoms with E-state index in [2.05, 4.69) is 21.1 Å². The van der Waals surface area contributed by atoms with Crippen LogP contribution in [-0.2, 0) is 45.2 Å². The number of nitrogens with zero attached hydrogens (tertiary/aromatic N) is 1. The van der Waals surface area contributed by atoms with Gasteiger partial charge in [-0.3, -0.25) is 0 Å². The van der Waals surface area contributed by atoms with Crippen LogP contribution < -0.4 is 15.8 Å². The lowest BCUT2D eigenvalue weighted by Crippen LogP contribution is -2.51. The minimum Gasteiger partial charge on any atom is -0.476 e. The topological polar surface area (TPSA) is 132 Å². The van der Waals surface area contributed by atoms with Crippen LogP contribution in [-0.4, -0.2) is 46.7 Å². The van der Waals surface area contributed by atoms with Crippen LogP contribution in [0.1, 0.15) is 35.1 Å². The second kappa shape index (κ2) is 7.52. The molecule has 10 heteroatoms. The summed E-state index contributed by atoms with van der Waals surface area (Å²) in [7, 11) is -4.26. The fourth-order valence-corrected chi connectivity index (χ4v) is 5.76. The lowest BCUT2D eigenvalue weighted by molar-refractivity contribution is -0.132. The van der Waals surface area contributed by atoms with E-state index in [4.69, 9.17) is 15.2 Å². The number of nitrogens with two attached hydrogens (primary N) is 1. The molecule has 4 aliphatic rings. The number of carbonyl (C=O) groups excluding carboxylic acids is 1. The number of benzene rings is 1. The van der Waals surface area contributed by atoms with Crippen LogP contribution in [0, 0.1) is 5.41 Å². The summed E-state index contributed by atoms with van der Waals surface area (Å²) in [6.07, 6.45) is 6.72. The van der Waals surface area contributed by atoms with E-state index in [1.54, 1.807) is 0 Å². The van der Waals surface area contributed by atoms with Crippen molar-refractivity contribution in [3.05, 3.63) is 39.4 Å². The lowest BCUT2D eigenvalue weighted by Gasteiger charge is -2.42. The first-order valence-corrected chi connectivity index (χ1v) is 12.1. The highest BCUT2D eigenvalue weighted by molar-refractivity contribution is 7.94. The standard InChI is InChI=1S/C21H26N4O5S/c22-8-17(19-23-9-21(12-30-19)10-29-11-21)31(27,28)25-20(26)24-18-15-5-1-3-13(15)7-14-4-2-6-16(14)18/h7-8H,1-6,9-12,22H2,(H2,24,25,26). The van der Waals surface area contributed by atoms with Crippen molar-refractivity contribution in [2.24, 2.45) is 16.1 Å². The Morgan fingerprint density at radius 3 is 2.29 bits per heavy atom. The molecule has 1 saturated heterocycles. The molecule has 0 bridgehead atoms. The molecule has 2 aliphatic heterocycles. The van der Waals surface area contributed by atoms with E-state index in [1.807, 2.05) is 0 Å². The summed E-state index contributed by atoms with van der Waals surface area (Å²) >= 11 is 0. The quantitative estimate of drug-likeness (QED) is 0.640. The molecule has 4 N–H and O–H groups in total. The number of carbonyl (C=O) groups is 1. The van der Waals surface area contributed by atoms with Crippen molar-refractivity contribution in [1.29, 1.82) is 0 Å². The first-order valence-electron chi connectivity index (χ1n) is 10.6. The van der Waals surface area contributed by atoms with Crippen LogP contribution in [0.15, 0.2) is 22.2 Å². The van der Waals surface area contributed by atoms with Gasteiger partial charge in [0, 0.05) is 11.9 Å². The fourth-order valence-electron chi connectivity index (χ4n) is 4.83. The van der Waals surface area contributed by atoms with Crippen molar-refractivity contribution in [3.63, 3.8) is 0 Å². The highest BCUT2D eigenvalue weighted by Crippen LogP contribution is 2.38. The molecule has 0 radical (unpaired) electrons. The fraction of sp³-hybridized carbons (Fsp3) is 0.524. The average Bonchev–Trinajstić information content (AvgIpc) is 3.36. The average molecular weight is 447 g/mol. The van der Waals surface area contributed by atoms with Crippen LogP contribution in [0.5, 0.6) is 0 Å². The van der Waals surface area contributed by atoms with E-state index in [0.717, 1.165) is 61.5 Å². The summed E-state index contributed by atoms with van der Waals surface area (Å²) in [5, 5.41) is 2.82. The number of hydrogen-bond donors (Lipinski definition) is 3. The van der Waals surface area contributed by atoms with Crippen molar-refractivity contribution in [2.45, 2.75) is 38.5 Å². The molecule has 1 aromatic rings. The van der Waals surface area contributed by atoms with Crippen LogP contribution in [0.2, 0.25) is 0 Å². The minimum atomic E-state index is -4.26. The van der Waals surface area contributed by atoms with Gasteiger partial charge in [0.05, 0.1) is 25.2 Å². The van der Waals surface area contributed by atoms with Gasteiger partial charge < -0.3 is 20.5 Å². The Kier molecular flexibility index (Phi) is 4.93. The van der Waals surface area contributed by atoms with Crippen LogP contribution in [0.4, 0.5) is 10.5 Å². The molecule has 9 nitrogen and oxygen atoms in total. The number of amides is 2. The molecule has 1 aromatic carbocycles. The van der Waals surface area contributed by atoms with E-state index < -0.39 is 16.1 Å². The van der Waals surface area contributed by atoms with Crippen molar-refractivity contribution in [3.8, 4) is 0 Å². The highest BCUT2D eigenvalue weighted by atomic mass is 32.2. The number of aliphatic imine (C=N–C) groups is 1. The van der Waals surface area contributed by atoms with Gasteiger partial charge in [-0.15, -0.1) is 0 Å². The van der Waals surface area contributed by atoms with E-state index in [-0.39, 0.29) is 16.2 Å². The molecule has 31 heavy (non-hydrogen) atoms. The summed E-state index contributed by atoms with van der Waals surface area (Å²) in [4.78, 5) is 16.6. The van der Waals surface area contributed by atoms with Gasteiger partial charge in [0.1, 0.15) is 6.61 Å². The predicted octanol–water partition coefficient (Wildman–Crippen LogP) is 1.36. The summed E-state index contributed by atoms with van der Waals surface area (Å²) in [6, 6.07) is 1.44. The Bertz CT molecular complexity index is 1070. The number of aryl methyl sites for hydroxylation is 2. The van der Waals surface area contributed by atoms with Crippen molar-refractivity contribution in [1.82, 2.24) is 4.72 Å². The number of hydrogen-bond acceptors (Lipinski definition) is 7. The molecule has 0 saturated carbocycles. The zero-order valence-electron chi connectivity index (χ0n) is 17.2. The molecule has 5 rings (SSSR count). The molecule has 0 unspecified atom stereocenters. The lowest BCUT2D eigenvalue weighted by atomic mass is 9.86. The SMILES string of the molecule is NC=C(C1=NCC2(COC2)CO1)S(=O)(=O)NC(=O)Nc1c2c(cc3c1CCC3)CCC2. The maximum absolute atomic E-state index is 12.9. The van der Waals surface area contributed by atoms with E-state index >= 15 is 0 Å². The largest absolute Gasteiger partial charge is 0.476 e. The zero-order valence-corrected chi connectivity index (χ0v) is 18.0. The highest BCUT2D eigenvalue weighted by Gasteiger charge is 2.43. The van der Waals surface area contributed by atoms with Gasteiger partial charge in [0.2, 0.25) is 5.90 Å². The summed E-state index contributed by atoms with van der Waals surface area (Å²) < 4.78 is 38.6. The predicted molar refractivity (Wildman–Crippen MR) is 115 cm³/mol. The molecule has 2 amide bonds. The van der Waals surface area contributed by atoms with E-state index in [9.17, 15) is 13.2 Å². The molecule has 2 aliphatic carbocycles. The van der Waals surface area contributed by atoms with Crippen molar-refractivity contribution >= 4 is 27.6 Å².